The zero-order chi connectivity index (χ0) is 13.4. The van der Waals surface area contributed by atoms with Crippen LogP contribution < -0.4 is 4.74 Å². The molecule has 0 aliphatic rings. The highest BCUT2D eigenvalue weighted by Crippen LogP contribution is 2.15. The number of carbonyl (C=O) groups is 1. The van der Waals surface area contributed by atoms with Gasteiger partial charge in [-0.2, -0.15) is 0 Å². The lowest BCUT2D eigenvalue weighted by Gasteiger charge is -2.18. The van der Waals surface area contributed by atoms with Crippen LogP contribution in [0.3, 0.4) is 0 Å². The predicted octanol–water partition coefficient (Wildman–Crippen LogP) is 2.21. The van der Waals surface area contributed by atoms with Crippen molar-refractivity contribution in [2.75, 3.05) is 33.4 Å². The van der Waals surface area contributed by atoms with Gasteiger partial charge in [0, 0.05) is 11.6 Å². The number of methoxy groups -OCH3 is 1. The average Bonchev–Trinajstić information content (AvgIpc) is 2.39. The summed E-state index contributed by atoms with van der Waals surface area (Å²) in [6, 6.07) is 7.20. The van der Waals surface area contributed by atoms with Crippen LogP contribution in [-0.2, 0) is 9.53 Å². The van der Waals surface area contributed by atoms with E-state index in [4.69, 9.17) is 16.3 Å². The fraction of sp³-hybridized carbons (Fsp3) is 0.462. The maximum atomic E-state index is 11.1. The molecule has 0 saturated carbocycles. The second kappa shape index (κ2) is 7.95. The predicted molar refractivity (Wildman–Crippen MR) is 71.1 cm³/mol. The fourth-order valence-electron chi connectivity index (χ4n) is 1.42. The lowest BCUT2D eigenvalue weighted by Crippen LogP contribution is -2.33. The highest BCUT2D eigenvalue weighted by atomic mass is 35.5. The maximum absolute atomic E-state index is 11.1. The van der Waals surface area contributed by atoms with Gasteiger partial charge in [0.2, 0.25) is 0 Å². The van der Waals surface area contributed by atoms with E-state index >= 15 is 0 Å². The Labute approximate surface area is 112 Å². The molecule has 0 aliphatic heterocycles. The molecule has 0 N–H and O–H groups in total. The first-order valence-corrected chi connectivity index (χ1v) is 6.21. The Morgan fingerprint density at radius 3 is 2.56 bits per heavy atom. The summed E-state index contributed by atoms with van der Waals surface area (Å²) in [5.74, 6) is 0.539. The Bertz CT molecular complexity index is 367. The van der Waals surface area contributed by atoms with Gasteiger partial charge in [-0.1, -0.05) is 18.5 Å². The number of halogens is 1. The highest BCUT2D eigenvalue weighted by molar-refractivity contribution is 6.30. The van der Waals surface area contributed by atoms with Gasteiger partial charge in [0.1, 0.15) is 12.4 Å². The molecule has 5 heteroatoms. The molecule has 0 amide bonds. The van der Waals surface area contributed by atoms with Crippen molar-refractivity contribution in [2.45, 2.75) is 6.92 Å². The molecule has 0 unspecified atom stereocenters. The molecule has 0 aliphatic carbocycles. The smallest absolute Gasteiger partial charge is 0.319 e. The minimum absolute atomic E-state index is 0.233. The van der Waals surface area contributed by atoms with E-state index in [0.717, 1.165) is 12.3 Å². The number of esters is 1. The number of benzene rings is 1. The summed E-state index contributed by atoms with van der Waals surface area (Å²) >= 11 is 5.78. The van der Waals surface area contributed by atoms with Crippen LogP contribution in [-0.4, -0.2) is 44.2 Å². The third-order valence-corrected chi connectivity index (χ3v) is 2.77. The standard InChI is InChI=1S/C13H18ClNO3/c1-3-15(10-13(16)17-2)8-9-18-12-6-4-11(14)5-7-12/h4-7H,3,8-10H2,1-2H3. The summed E-state index contributed by atoms with van der Waals surface area (Å²) in [5.41, 5.74) is 0. The Balaban J connectivity index is 2.30. The van der Waals surface area contributed by atoms with Gasteiger partial charge in [-0.15, -0.1) is 0 Å². The zero-order valence-electron chi connectivity index (χ0n) is 10.7. The van der Waals surface area contributed by atoms with E-state index in [0.29, 0.717) is 18.2 Å². The molecular formula is C13H18ClNO3. The van der Waals surface area contributed by atoms with Crippen LogP contribution >= 0.6 is 11.6 Å². The number of carbonyl (C=O) groups excluding carboxylic acids is 1. The second-order valence-electron chi connectivity index (χ2n) is 3.75. The molecule has 0 heterocycles. The number of hydrogen-bond donors (Lipinski definition) is 0. The van der Waals surface area contributed by atoms with Crippen LogP contribution in [0.4, 0.5) is 0 Å². The lowest BCUT2D eigenvalue weighted by atomic mass is 10.3. The van der Waals surface area contributed by atoms with Crippen LogP contribution in [0.25, 0.3) is 0 Å². The fourth-order valence-corrected chi connectivity index (χ4v) is 1.55. The molecule has 100 valence electrons. The molecule has 18 heavy (non-hydrogen) atoms. The maximum Gasteiger partial charge on any atom is 0.319 e. The van der Waals surface area contributed by atoms with Gasteiger partial charge in [0.05, 0.1) is 13.7 Å². The number of rotatable bonds is 7. The Hall–Kier alpha value is -1.26. The number of likely N-dealkylation sites (N-methyl/N-ethyl adjacent to an activating group) is 1. The Morgan fingerprint density at radius 2 is 2.00 bits per heavy atom. The van der Waals surface area contributed by atoms with E-state index in [9.17, 15) is 4.79 Å². The van der Waals surface area contributed by atoms with Crippen molar-refractivity contribution in [2.24, 2.45) is 0 Å². The van der Waals surface area contributed by atoms with E-state index in [2.05, 4.69) is 4.74 Å². The summed E-state index contributed by atoms with van der Waals surface area (Å²) in [7, 11) is 1.39. The third-order valence-electron chi connectivity index (χ3n) is 2.52. The van der Waals surface area contributed by atoms with Crippen molar-refractivity contribution < 1.29 is 14.3 Å². The topological polar surface area (TPSA) is 38.8 Å². The van der Waals surface area contributed by atoms with Gasteiger partial charge in [-0.3, -0.25) is 9.69 Å². The van der Waals surface area contributed by atoms with E-state index in [1.54, 1.807) is 12.1 Å². The molecule has 0 aromatic heterocycles. The highest BCUT2D eigenvalue weighted by Gasteiger charge is 2.08. The first kappa shape index (κ1) is 14.8. The molecule has 0 bridgehead atoms. The third kappa shape index (κ3) is 5.38. The molecule has 0 spiro atoms. The van der Waals surface area contributed by atoms with Crippen molar-refractivity contribution >= 4 is 17.6 Å². The zero-order valence-corrected chi connectivity index (χ0v) is 11.4. The van der Waals surface area contributed by atoms with Crippen LogP contribution in [0.15, 0.2) is 24.3 Å². The molecule has 0 atom stereocenters. The van der Waals surface area contributed by atoms with Crippen molar-refractivity contribution in [3.8, 4) is 5.75 Å². The van der Waals surface area contributed by atoms with Gasteiger partial charge in [-0.25, -0.2) is 0 Å². The molecule has 1 aromatic carbocycles. The SMILES string of the molecule is CCN(CCOc1ccc(Cl)cc1)CC(=O)OC. The normalized spacial score (nSPS) is 10.4. The molecule has 4 nitrogen and oxygen atoms in total. The number of ether oxygens (including phenoxy) is 2. The van der Waals surface area contributed by atoms with Gasteiger partial charge < -0.3 is 9.47 Å². The first-order valence-electron chi connectivity index (χ1n) is 5.83. The minimum Gasteiger partial charge on any atom is -0.492 e. The van der Waals surface area contributed by atoms with Crippen molar-refractivity contribution in [3.63, 3.8) is 0 Å². The summed E-state index contributed by atoms with van der Waals surface area (Å²) < 4.78 is 10.2. The lowest BCUT2D eigenvalue weighted by molar-refractivity contribution is -0.141. The molecule has 0 fully saturated rings. The van der Waals surface area contributed by atoms with Gasteiger partial charge in [-0.05, 0) is 30.8 Å². The van der Waals surface area contributed by atoms with Crippen LogP contribution in [0.1, 0.15) is 6.92 Å². The average molecular weight is 272 g/mol. The molecule has 1 rings (SSSR count). The van der Waals surface area contributed by atoms with Crippen molar-refractivity contribution in [1.82, 2.24) is 4.90 Å². The summed E-state index contributed by atoms with van der Waals surface area (Å²) in [6.45, 7) is 4.25. The molecule has 0 saturated heterocycles. The van der Waals surface area contributed by atoms with E-state index < -0.39 is 0 Å². The van der Waals surface area contributed by atoms with E-state index in [-0.39, 0.29) is 12.5 Å². The van der Waals surface area contributed by atoms with Crippen LogP contribution in [0.2, 0.25) is 5.02 Å². The van der Waals surface area contributed by atoms with Gasteiger partial charge in [0.25, 0.3) is 0 Å². The van der Waals surface area contributed by atoms with E-state index in [1.807, 2.05) is 24.0 Å². The molecular weight excluding hydrogens is 254 g/mol. The van der Waals surface area contributed by atoms with Gasteiger partial charge >= 0.3 is 5.97 Å². The number of hydrogen-bond acceptors (Lipinski definition) is 4. The summed E-state index contributed by atoms with van der Waals surface area (Å²) in [5, 5.41) is 0.684. The largest absolute Gasteiger partial charge is 0.492 e. The quantitative estimate of drug-likeness (QED) is 0.713. The minimum atomic E-state index is -0.233. The van der Waals surface area contributed by atoms with Crippen molar-refractivity contribution in [3.05, 3.63) is 29.3 Å². The first-order chi connectivity index (χ1) is 8.65. The summed E-state index contributed by atoms with van der Waals surface area (Å²) in [6.07, 6.45) is 0. The van der Waals surface area contributed by atoms with Crippen molar-refractivity contribution in [1.29, 1.82) is 0 Å². The molecule has 0 radical (unpaired) electrons. The second-order valence-corrected chi connectivity index (χ2v) is 4.18. The Morgan fingerprint density at radius 1 is 1.33 bits per heavy atom. The number of nitrogens with zero attached hydrogens (tertiary/aromatic N) is 1. The van der Waals surface area contributed by atoms with E-state index in [1.165, 1.54) is 7.11 Å². The van der Waals surface area contributed by atoms with Crippen LogP contribution in [0, 0.1) is 0 Å². The van der Waals surface area contributed by atoms with Gasteiger partial charge in [0.15, 0.2) is 0 Å². The summed E-state index contributed by atoms with van der Waals surface area (Å²) in [4.78, 5) is 13.1. The van der Waals surface area contributed by atoms with Crippen LogP contribution in [0.5, 0.6) is 5.75 Å². The Kier molecular flexibility index (Phi) is 6.54. The molecule has 1 aromatic rings. The monoisotopic (exact) mass is 271 g/mol.